The molecule has 0 amide bonds. The van der Waals surface area contributed by atoms with Crippen molar-refractivity contribution >= 4 is 69.5 Å². The van der Waals surface area contributed by atoms with Crippen LogP contribution < -0.4 is 48.3 Å². The summed E-state index contributed by atoms with van der Waals surface area (Å²) in [6, 6.07) is 15.8. The summed E-state index contributed by atoms with van der Waals surface area (Å²) in [4.78, 5) is 73.5. The summed E-state index contributed by atoms with van der Waals surface area (Å²) in [5.41, 5.74) is 24.5. The fourth-order valence-electron chi connectivity index (χ4n) is 8.81. The largest absolute Gasteiger partial charge is 0.477 e. The Bertz CT molecular complexity index is 3330. The Kier molecular flexibility index (Phi) is 15.7. The van der Waals surface area contributed by atoms with Crippen molar-refractivity contribution in [1.82, 2.24) is 18.9 Å². The molecule has 0 radical (unpaired) electrons. The van der Waals surface area contributed by atoms with Crippen LogP contribution in [-0.4, -0.2) is 126 Å². The number of hydrogen-bond acceptors (Lipinski definition) is 9. The molecule has 386 valence electrons. The second-order valence-corrected chi connectivity index (χ2v) is 17.3. The Labute approximate surface area is 419 Å². The SMILES string of the molecule is NC(=NCCCCCCN=C(N)N=C(N)N1CCN(c2cc3c(cc2F)c(=O)c(C(=O)O)cn3-c2ccc(F)cc2)CC1)N=C(N)N1CCN(c2cc3c(cc2F)c(=O)c(OC=O)cn3-c2ccc(F)cc2)CC1. The Morgan fingerprint density at radius 1 is 0.595 bits per heavy atom. The van der Waals surface area contributed by atoms with E-state index >= 15 is 8.78 Å². The molecule has 0 aliphatic carbocycles. The number of carbonyl (C=O) groups is 2. The van der Waals surface area contributed by atoms with Gasteiger partial charge in [-0.2, -0.15) is 9.98 Å². The highest BCUT2D eigenvalue weighted by atomic mass is 19.1. The van der Waals surface area contributed by atoms with Crippen LogP contribution in [0.1, 0.15) is 36.0 Å². The minimum atomic E-state index is -1.47. The fraction of sp³-hybridized carbons (Fsp3) is 0.280. The molecular weight excluding hydrogens is 969 g/mol. The van der Waals surface area contributed by atoms with Gasteiger partial charge < -0.3 is 61.5 Å². The number of aromatic carboxylic acids is 1. The van der Waals surface area contributed by atoms with Crippen molar-refractivity contribution in [2.75, 3.05) is 75.2 Å². The van der Waals surface area contributed by atoms with Gasteiger partial charge in [-0.25, -0.2) is 22.4 Å². The molecule has 2 saturated heterocycles. The molecule has 0 saturated carbocycles. The van der Waals surface area contributed by atoms with Gasteiger partial charge in [0.2, 0.25) is 22.8 Å². The molecule has 2 fully saturated rings. The molecule has 6 aromatic rings. The number of carbonyl (C=O) groups excluding carboxylic acids is 1. The second-order valence-electron chi connectivity index (χ2n) is 17.3. The molecule has 4 heterocycles. The van der Waals surface area contributed by atoms with E-state index in [1.165, 1.54) is 76.0 Å². The number of nitrogens with zero attached hydrogens (tertiary/aromatic N) is 10. The van der Waals surface area contributed by atoms with Crippen molar-refractivity contribution in [3.8, 4) is 17.1 Å². The van der Waals surface area contributed by atoms with Crippen LogP contribution in [0.5, 0.6) is 5.75 Å². The fourth-order valence-corrected chi connectivity index (χ4v) is 8.81. The van der Waals surface area contributed by atoms with Gasteiger partial charge in [0.15, 0.2) is 17.7 Å². The molecule has 0 atom stereocenters. The predicted octanol–water partition coefficient (Wildman–Crippen LogP) is 3.85. The molecular formula is C50H52F4N14O6. The zero-order valence-corrected chi connectivity index (χ0v) is 39.8. The molecule has 2 aliphatic heterocycles. The molecule has 4 aromatic carbocycles. The quantitative estimate of drug-likeness (QED) is 0.0341. The van der Waals surface area contributed by atoms with Gasteiger partial charge in [-0.3, -0.25) is 24.4 Å². The average Bonchev–Trinajstić information content (AvgIpc) is 3.39. The summed E-state index contributed by atoms with van der Waals surface area (Å²) in [6.45, 7) is 3.78. The van der Waals surface area contributed by atoms with Crippen LogP contribution in [0.3, 0.4) is 0 Å². The first kappa shape index (κ1) is 51.4. The van der Waals surface area contributed by atoms with Crippen molar-refractivity contribution in [3.63, 3.8) is 0 Å². The second kappa shape index (κ2) is 22.6. The van der Waals surface area contributed by atoms with Crippen molar-refractivity contribution in [1.29, 1.82) is 0 Å². The summed E-state index contributed by atoms with van der Waals surface area (Å²) >= 11 is 0. The maximum atomic E-state index is 15.6. The van der Waals surface area contributed by atoms with Gasteiger partial charge >= 0.3 is 5.97 Å². The van der Waals surface area contributed by atoms with E-state index in [-0.39, 0.29) is 63.7 Å². The summed E-state index contributed by atoms with van der Waals surface area (Å²) in [6.07, 6.45) is 5.56. The topological polar surface area (TPSA) is 274 Å². The van der Waals surface area contributed by atoms with E-state index in [1.54, 1.807) is 14.7 Å². The van der Waals surface area contributed by atoms with E-state index in [1.807, 2.05) is 4.90 Å². The van der Waals surface area contributed by atoms with Gasteiger partial charge in [0.1, 0.15) is 28.8 Å². The summed E-state index contributed by atoms with van der Waals surface area (Å²) in [5, 5.41) is 9.51. The van der Waals surface area contributed by atoms with Gasteiger partial charge in [-0.15, -0.1) is 0 Å². The van der Waals surface area contributed by atoms with Crippen molar-refractivity contribution in [2.24, 2.45) is 42.9 Å². The molecule has 2 aliphatic rings. The standard InChI is InChI=1S/C50H52F4N14O6/c51-30-5-9-32(10-6-30)67-27-36(46(72)73)44(70)34-23-37(53)41(25-39(34)67)63-15-19-65(20-16-63)49(57)61-47(55)59-13-3-1-2-4-14-60-48(56)62-50(58)66-21-17-64(18-22-66)42-26-40-35(24-38(42)54)45(71)43(74-29-69)28-68(40)33-11-7-31(52)8-12-33/h5-12,23-29H,1-4,13-22H2,(H,72,73)(H4,55,57,59,61)(H4,56,58,60,62). The first-order valence-corrected chi connectivity index (χ1v) is 23.5. The molecule has 0 spiro atoms. The van der Waals surface area contributed by atoms with Gasteiger partial charge in [-0.1, -0.05) is 12.8 Å². The number of piperazine rings is 2. The van der Waals surface area contributed by atoms with Crippen molar-refractivity contribution in [2.45, 2.75) is 25.7 Å². The number of rotatable bonds is 14. The number of anilines is 2. The Balaban J connectivity index is 0.777. The number of benzene rings is 4. The zero-order valence-electron chi connectivity index (χ0n) is 39.8. The highest BCUT2D eigenvalue weighted by molar-refractivity contribution is 5.96. The summed E-state index contributed by atoms with van der Waals surface area (Å²) in [5.74, 6) is -3.78. The molecule has 74 heavy (non-hydrogen) atoms. The van der Waals surface area contributed by atoms with Crippen LogP contribution in [0, 0.1) is 23.3 Å². The number of carboxylic acids is 1. The Morgan fingerprint density at radius 3 is 1.43 bits per heavy atom. The van der Waals surface area contributed by atoms with Crippen LogP contribution in [0.4, 0.5) is 28.9 Å². The van der Waals surface area contributed by atoms with Crippen molar-refractivity contribution < 1.29 is 37.0 Å². The van der Waals surface area contributed by atoms with E-state index in [2.05, 4.69) is 20.0 Å². The van der Waals surface area contributed by atoms with Crippen LogP contribution in [0.15, 0.2) is 115 Å². The minimum absolute atomic E-state index is 0.0115. The van der Waals surface area contributed by atoms with Crippen LogP contribution in [0.25, 0.3) is 33.2 Å². The maximum absolute atomic E-state index is 15.6. The number of pyridine rings is 2. The molecule has 20 nitrogen and oxygen atoms in total. The smallest absolute Gasteiger partial charge is 0.341 e. The Hall–Kier alpha value is -8.96. The van der Waals surface area contributed by atoms with Gasteiger partial charge in [-0.05, 0) is 85.6 Å². The number of aromatic nitrogens is 2. The lowest BCUT2D eigenvalue weighted by Crippen LogP contribution is -2.51. The number of aliphatic imine (C=N–C) groups is 4. The maximum Gasteiger partial charge on any atom is 0.341 e. The first-order valence-electron chi connectivity index (χ1n) is 23.5. The van der Waals surface area contributed by atoms with Crippen LogP contribution >= 0.6 is 0 Å². The number of carboxylic acid groups (broad SMARTS) is 1. The highest BCUT2D eigenvalue weighted by Gasteiger charge is 2.26. The third kappa shape index (κ3) is 11.5. The molecule has 2 aromatic heterocycles. The van der Waals surface area contributed by atoms with Crippen molar-refractivity contribution in [3.05, 3.63) is 134 Å². The van der Waals surface area contributed by atoms with E-state index < -0.39 is 45.7 Å². The molecule has 24 heteroatoms. The molecule has 8 rings (SSSR count). The lowest BCUT2D eigenvalue weighted by molar-refractivity contribution is -0.120. The Morgan fingerprint density at radius 2 is 1.01 bits per heavy atom. The monoisotopic (exact) mass is 1020 g/mol. The van der Waals surface area contributed by atoms with Crippen LogP contribution in [0.2, 0.25) is 0 Å². The van der Waals surface area contributed by atoms with Gasteiger partial charge in [0.25, 0.3) is 6.47 Å². The summed E-state index contributed by atoms with van der Waals surface area (Å²) in [7, 11) is 0. The number of halogens is 4. The predicted molar refractivity (Wildman–Crippen MR) is 275 cm³/mol. The van der Waals surface area contributed by atoms with E-state index in [0.29, 0.717) is 82.3 Å². The number of fused-ring (bicyclic) bond motifs is 2. The minimum Gasteiger partial charge on any atom is -0.477 e. The van der Waals surface area contributed by atoms with Gasteiger partial charge in [0.05, 0.1) is 34.0 Å². The first-order chi connectivity index (χ1) is 35.6. The third-order valence-corrected chi connectivity index (χ3v) is 12.7. The lowest BCUT2D eigenvalue weighted by Gasteiger charge is -2.36. The number of hydrogen-bond donors (Lipinski definition) is 5. The van der Waals surface area contributed by atoms with E-state index in [4.69, 9.17) is 27.7 Å². The van der Waals surface area contributed by atoms with E-state index in [0.717, 1.165) is 44.0 Å². The number of unbranched alkanes of at least 4 members (excludes halogenated alkanes) is 3. The van der Waals surface area contributed by atoms with Crippen LogP contribution in [-0.2, 0) is 4.79 Å². The summed E-state index contributed by atoms with van der Waals surface area (Å²) < 4.78 is 66.6. The number of ether oxygens (including phenoxy) is 1. The zero-order chi connectivity index (χ0) is 52.6. The molecule has 0 unspecified atom stereocenters. The third-order valence-electron chi connectivity index (χ3n) is 12.7. The van der Waals surface area contributed by atoms with Gasteiger partial charge in [0, 0.05) is 88.4 Å². The average molecular weight is 1020 g/mol. The highest BCUT2D eigenvalue weighted by Crippen LogP contribution is 2.31. The lowest BCUT2D eigenvalue weighted by atomic mass is 10.1. The molecule has 0 bridgehead atoms. The number of guanidine groups is 4. The number of nitrogens with two attached hydrogens (primary N) is 4. The normalized spacial score (nSPS) is 15.1. The van der Waals surface area contributed by atoms with E-state index in [9.17, 15) is 33.1 Å². The molecule has 9 N–H and O–H groups in total.